The normalized spacial score (nSPS) is 16.4. The molecule has 2 aromatic rings. The third-order valence-electron chi connectivity index (χ3n) is 8.36. The van der Waals surface area contributed by atoms with Crippen LogP contribution in [0.1, 0.15) is 102 Å². The van der Waals surface area contributed by atoms with Crippen molar-refractivity contribution in [2.75, 3.05) is 11.9 Å². The first-order valence-corrected chi connectivity index (χ1v) is 16.1. The number of aromatic nitrogens is 2. The number of ether oxygens (including phenoxy) is 1. The minimum Gasteiger partial charge on any atom is -0.493 e. The van der Waals surface area contributed by atoms with Crippen molar-refractivity contribution in [2.24, 2.45) is 28.5 Å². The molecule has 250 valence electrons. The molecule has 3 unspecified atom stereocenters. The molecule has 0 saturated heterocycles. The summed E-state index contributed by atoms with van der Waals surface area (Å²) in [7, 11) is 0. The molecule has 11 heteroatoms. The van der Waals surface area contributed by atoms with Crippen molar-refractivity contribution in [1.82, 2.24) is 14.9 Å². The quantitative estimate of drug-likeness (QED) is 0.202. The summed E-state index contributed by atoms with van der Waals surface area (Å²) in [5.74, 6) is 0.487. The smallest absolute Gasteiger partial charge is 0.416 e. The molecule has 3 heterocycles. The van der Waals surface area contributed by atoms with Crippen molar-refractivity contribution in [3.8, 4) is 5.75 Å². The van der Waals surface area contributed by atoms with Crippen molar-refractivity contribution < 1.29 is 22.7 Å². The van der Waals surface area contributed by atoms with E-state index in [0.29, 0.717) is 35.4 Å². The third kappa shape index (κ3) is 8.98. The maximum atomic E-state index is 13.2. The van der Waals surface area contributed by atoms with Crippen LogP contribution >= 0.6 is 0 Å². The summed E-state index contributed by atoms with van der Waals surface area (Å²) < 4.78 is 45.7. The Morgan fingerprint density at radius 2 is 1.87 bits per heavy atom. The van der Waals surface area contributed by atoms with Crippen LogP contribution in [0.5, 0.6) is 5.75 Å². The summed E-state index contributed by atoms with van der Waals surface area (Å²) in [5.41, 5.74) is 8.79. The number of amides is 1. The summed E-state index contributed by atoms with van der Waals surface area (Å²) in [5, 5.41) is 2.42. The second-order valence-corrected chi connectivity index (χ2v) is 11.7. The number of nitrogens with zero attached hydrogens (tertiary/aromatic N) is 4. The van der Waals surface area contributed by atoms with Gasteiger partial charge in [-0.25, -0.2) is 9.98 Å². The molecule has 0 aromatic carbocycles. The molecule has 1 amide bonds. The van der Waals surface area contributed by atoms with Gasteiger partial charge in [0.15, 0.2) is 0 Å². The molecule has 3 N–H and O–H groups in total. The molecule has 3 rings (SSSR count). The van der Waals surface area contributed by atoms with Gasteiger partial charge in [-0.2, -0.15) is 13.2 Å². The Balaban J connectivity index is 2.12. The number of aliphatic imine (C=N–C) groups is 1. The molecule has 2 aromatic heterocycles. The number of nitrogens with one attached hydrogen (secondary N) is 1. The van der Waals surface area contributed by atoms with Crippen LogP contribution in [0.4, 0.5) is 19.0 Å². The number of unbranched alkanes of at least 4 members (excludes halogenated alkanes) is 1. The van der Waals surface area contributed by atoms with E-state index < -0.39 is 17.6 Å². The number of hydrogen-bond donors (Lipinski definition) is 2. The number of pyridine rings is 2. The Hall–Kier alpha value is -4.15. The molecule has 0 spiro atoms. The zero-order chi connectivity index (χ0) is 34.0. The predicted molar refractivity (Wildman–Crippen MR) is 178 cm³/mol. The van der Waals surface area contributed by atoms with Crippen LogP contribution in [-0.4, -0.2) is 33.2 Å². The minimum atomic E-state index is -4.58. The highest BCUT2D eigenvalue weighted by atomic mass is 19.4. The zero-order valence-electron chi connectivity index (χ0n) is 27.7. The average Bonchev–Trinajstić information content (AvgIpc) is 3.03. The molecule has 0 radical (unpaired) electrons. The van der Waals surface area contributed by atoms with E-state index in [2.05, 4.69) is 61.5 Å². The van der Waals surface area contributed by atoms with Crippen LogP contribution in [-0.2, 0) is 6.18 Å². The van der Waals surface area contributed by atoms with Crippen LogP contribution in [0.2, 0.25) is 0 Å². The molecular formula is C35H47F3N6O2. The monoisotopic (exact) mass is 640 g/mol. The first-order valence-electron chi connectivity index (χ1n) is 16.1. The van der Waals surface area contributed by atoms with Gasteiger partial charge in [0, 0.05) is 42.1 Å². The molecule has 0 fully saturated rings. The van der Waals surface area contributed by atoms with Gasteiger partial charge in [0.1, 0.15) is 23.1 Å². The van der Waals surface area contributed by atoms with E-state index in [-0.39, 0.29) is 23.3 Å². The lowest BCUT2D eigenvalue weighted by Gasteiger charge is -2.36. The van der Waals surface area contributed by atoms with Gasteiger partial charge in [-0.3, -0.25) is 9.78 Å². The highest BCUT2D eigenvalue weighted by molar-refractivity contribution is 6.06. The van der Waals surface area contributed by atoms with Gasteiger partial charge in [0.2, 0.25) is 0 Å². The van der Waals surface area contributed by atoms with Gasteiger partial charge < -0.3 is 20.7 Å². The maximum absolute atomic E-state index is 13.2. The number of allylic oxidation sites excluding steroid dienone is 2. The molecule has 0 aliphatic carbocycles. The SMILES string of the molecule is C=C(C(CCCC)CC(C)CC)N1C=CN=C(N)/C1=C(\c1cnc(C(=O)Nc2cc(C(F)(F)F)ccn2)cc1OCC)C(C)CC. The van der Waals surface area contributed by atoms with Crippen LogP contribution in [0.25, 0.3) is 5.57 Å². The molecular weight excluding hydrogens is 593 g/mol. The fourth-order valence-electron chi connectivity index (χ4n) is 5.39. The van der Waals surface area contributed by atoms with Gasteiger partial charge in [-0.15, -0.1) is 0 Å². The van der Waals surface area contributed by atoms with Gasteiger partial charge in [0.25, 0.3) is 5.91 Å². The lowest BCUT2D eigenvalue weighted by Crippen LogP contribution is -2.34. The lowest BCUT2D eigenvalue weighted by atomic mass is 9.86. The molecule has 46 heavy (non-hydrogen) atoms. The fourth-order valence-corrected chi connectivity index (χ4v) is 5.39. The van der Waals surface area contributed by atoms with Crippen LogP contribution in [0.15, 0.2) is 66.0 Å². The topological polar surface area (TPSA) is 106 Å². The number of nitrogens with two attached hydrogens (primary N) is 1. The van der Waals surface area contributed by atoms with E-state index in [1.54, 1.807) is 12.4 Å². The lowest BCUT2D eigenvalue weighted by molar-refractivity contribution is -0.137. The van der Waals surface area contributed by atoms with Gasteiger partial charge >= 0.3 is 6.18 Å². The zero-order valence-corrected chi connectivity index (χ0v) is 27.7. The van der Waals surface area contributed by atoms with Gasteiger partial charge in [0.05, 0.1) is 17.9 Å². The van der Waals surface area contributed by atoms with Crippen molar-refractivity contribution in [3.63, 3.8) is 0 Å². The number of carbonyl (C=O) groups is 1. The molecule has 0 saturated carbocycles. The molecule has 1 aliphatic heterocycles. The fraction of sp³-hybridized carbons (Fsp3) is 0.486. The number of hydrogen-bond acceptors (Lipinski definition) is 7. The Kier molecular flexibility index (Phi) is 13.0. The first kappa shape index (κ1) is 36.3. The Morgan fingerprint density at radius 1 is 1.13 bits per heavy atom. The standard InChI is InChI=1S/C35H47F3N6O2/c1-8-12-13-25(18-22(5)9-2)24(7)44-17-16-41-33(39)32(44)31(23(6)10-3)27-21-42-28(20-29(27)46-11-4)34(45)43-30-19-26(14-15-40-30)35(36,37)38/h14-17,19-23,25H,7-13,18H2,1-6H3,(H2,39,41)(H,40,43,45)/b32-31+. The van der Waals surface area contributed by atoms with Crippen molar-refractivity contribution in [3.05, 3.63) is 77.8 Å². The highest BCUT2D eigenvalue weighted by Crippen LogP contribution is 2.40. The first-order chi connectivity index (χ1) is 21.9. The predicted octanol–water partition coefficient (Wildman–Crippen LogP) is 8.80. The highest BCUT2D eigenvalue weighted by Gasteiger charge is 2.32. The maximum Gasteiger partial charge on any atom is 0.416 e. The second-order valence-electron chi connectivity index (χ2n) is 11.7. The van der Waals surface area contributed by atoms with Crippen molar-refractivity contribution in [2.45, 2.75) is 86.2 Å². The van der Waals surface area contributed by atoms with Crippen LogP contribution in [0.3, 0.4) is 0 Å². The van der Waals surface area contributed by atoms with Crippen LogP contribution < -0.4 is 15.8 Å². The number of amidine groups is 1. The summed E-state index contributed by atoms with van der Waals surface area (Å²) in [4.78, 5) is 27.9. The number of rotatable bonds is 15. The van der Waals surface area contributed by atoms with E-state index in [4.69, 9.17) is 10.5 Å². The molecule has 3 atom stereocenters. The van der Waals surface area contributed by atoms with E-state index >= 15 is 0 Å². The summed E-state index contributed by atoms with van der Waals surface area (Å²) in [6.45, 7) is 17.5. The van der Waals surface area contributed by atoms with Gasteiger partial charge in [-0.1, -0.05) is 60.5 Å². The van der Waals surface area contributed by atoms with Crippen molar-refractivity contribution >= 4 is 23.1 Å². The van der Waals surface area contributed by atoms with E-state index in [9.17, 15) is 18.0 Å². The second kappa shape index (κ2) is 16.4. The molecule has 0 bridgehead atoms. The number of halogens is 3. The summed E-state index contributed by atoms with van der Waals surface area (Å²) in [6, 6.07) is 3.10. The largest absolute Gasteiger partial charge is 0.493 e. The molecule has 8 nitrogen and oxygen atoms in total. The van der Waals surface area contributed by atoms with Crippen LogP contribution in [0, 0.1) is 17.8 Å². The average molecular weight is 641 g/mol. The van der Waals surface area contributed by atoms with E-state index in [1.807, 2.05) is 18.0 Å². The number of carbonyl (C=O) groups excluding carboxylic acids is 1. The van der Waals surface area contributed by atoms with E-state index in [0.717, 1.165) is 68.1 Å². The Bertz CT molecular complexity index is 1470. The molecule has 1 aliphatic rings. The number of alkyl halides is 3. The van der Waals surface area contributed by atoms with E-state index in [1.165, 1.54) is 6.07 Å². The summed E-state index contributed by atoms with van der Waals surface area (Å²) >= 11 is 0. The van der Waals surface area contributed by atoms with Gasteiger partial charge in [-0.05, 0) is 61.6 Å². The Labute approximate surface area is 270 Å². The van der Waals surface area contributed by atoms with Crippen molar-refractivity contribution in [1.29, 1.82) is 0 Å². The Morgan fingerprint density at radius 3 is 2.50 bits per heavy atom. The minimum absolute atomic E-state index is 0.0239. The summed E-state index contributed by atoms with van der Waals surface area (Å²) in [6.07, 6.45) is 7.53. The third-order valence-corrected chi connectivity index (χ3v) is 8.36. The number of anilines is 1.